The number of nitrogens with one attached hydrogen (secondary N) is 2. The van der Waals surface area contributed by atoms with Crippen molar-refractivity contribution >= 4 is 11.8 Å². The van der Waals surface area contributed by atoms with Crippen LogP contribution < -0.4 is 10.6 Å². The quantitative estimate of drug-likeness (QED) is 0.740. The van der Waals surface area contributed by atoms with Crippen LogP contribution in [-0.2, 0) is 29.0 Å². The molecular formula is C23H29N3O2. The Morgan fingerprint density at radius 1 is 0.964 bits per heavy atom. The zero-order valence-corrected chi connectivity index (χ0v) is 16.5. The van der Waals surface area contributed by atoms with Gasteiger partial charge in [0.2, 0.25) is 11.8 Å². The van der Waals surface area contributed by atoms with Gasteiger partial charge in [-0.2, -0.15) is 0 Å². The molecule has 5 heteroatoms. The Morgan fingerprint density at radius 2 is 1.68 bits per heavy atom. The summed E-state index contributed by atoms with van der Waals surface area (Å²) in [5.74, 6) is -0.0800. The Kier molecular flexibility index (Phi) is 7.20. The van der Waals surface area contributed by atoms with Crippen molar-refractivity contribution in [2.24, 2.45) is 0 Å². The van der Waals surface area contributed by atoms with Crippen molar-refractivity contribution in [1.82, 2.24) is 15.5 Å². The summed E-state index contributed by atoms with van der Waals surface area (Å²) in [5, 5.41) is 5.81. The van der Waals surface area contributed by atoms with E-state index in [1.54, 1.807) is 0 Å². The molecular weight excluding hydrogens is 350 g/mol. The third kappa shape index (κ3) is 5.92. The van der Waals surface area contributed by atoms with Gasteiger partial charge in [0.15, 0.2) is 0 Å². The number of carbonyl (C=O) groups excluding carboxylic acids is 2. The molecule has 2 aromatic carbocycles. The van der Waals surface area contributed by atoms with Gasteiger partial charge in [-0.1, -0.05) is 54.6 Å². The van der Waals surface area contributed by atoms with Crippen LogP contribution in [0, 0.1) is 0 Å². The maximum atomic E-state index is 12.1. The highest BCUT2D eigenvalue weighted by Crippen LogP contribution is 2.19. The Bertz CT molecular complexity index is 791. The Morgan fingerprint density at radius 3 is 2.46 bits per heavy atom. The zero-order chi connectivity index (χ0) is 19.8. The smallest absolute Gasteiger partial charge is 0.224 e. The fourth-order valence-electron chi connectivity index (χ4n) is 3.53. The minimum absolute atomic E-state index is 0.0238. The highest BCUT2D eigenvalue weighted by Gasteiger charge is 2.20. The number of hydrogen-bond acceptors (Lipinski definition) is 3. The number of hydrogen-bond donors (Lipinski definition) is 2. The number of benzene rings is 2. The van der Waals surface area contributed by atoms with Gasteiger partial charge in [0, 0.05) is 38.6 Å². The standard InChI is InChI=1S/C23H29N3O2/c1-18(26-14-12-20-9-5-6-10-21(20)17-26)16-25-22(27)11-13-24-23(28)15-19-7-3-2-4-8-19/h2-10,18H,11-17H2,1H3,(H,24,28)(H,25,27). The number of amides is 2. The van der Waals surface area contributed by atoms with Gasteiger partial charge in [-0.25, -0.2) is 0 Å². The summed E-state index contributed by atoms with van der Waals surface area (Å²) in [6, 6.07) is 18.4. The summed E-state index contributed by atoms with van der Waals surface area (Å²) in [7, 11) is 0. The second-order valence-electron chi connectivity index (χ2n) is 7.40. The van der Waals surface area contributed by atoms with Crippen LogP contribution in [0.1, 0.15) is 30.0 Å². The normalized spacial score (nSPS) is 14.8. The van der Waals surface area contributed by atoms with Crippen LogP contribution in [-0.4, -0.2) is 42.4 Å². The Hall–Kier alpha value is -2.66. The van der Waals surface area contributed by atoms with E-state index in [2.05, 4.69) is 46.7 Å². The van der Waals surface area contributed by atoms with E-state index >= 15 is 0 Å². The molecule has 0 radical (unpaired) electrons. The summed E-state index contributed by atoms with van der Waals surface area (Å²) >= 11 is 0. The third-order valence-corrected chi connectivity index (χ3v) is 5.26. The average Bonchev–Trinajstić information content (AvgIpc) is 2.72. The molecule has 5 nitrogen and oxygen atoms in total. The van der Waals surface area contributed by atoms with Gasteiger partial charge < -0.3 is 10.6 Å². The van der Waals surface area contributed by atoms with Crippen LogP contribution >= 0.6 is 0 Å². The average molecular weight is 380 g/mol. The van der Waals surface area contributed by atoms with E-state index < -0.39 is 0 Å². The lowest BCUT2D eigenvalue weighted by Gasteiger charge is -2.33. The molecule has 1 aliphatic rings. The Balaban J connectivity index is 1.32. The number of fused-ring (bicyclic) bond motifs is 1. The van der Waals surface area contributed by atoms with Crippen molar-refractivity contribution in [2.45, 2.75) is 38.8 Å². The molecule has 0 saturated carbocycles. The van der Waals surface area contributed by atoms with E-state index in [4.69, 9.17) is 0 Å². The van der Waals surface area contributed by atoms with Crippen molar-refractivity contribution in [3.63, 3.8) is 0 Å². The zero-order valence-electron chi connectivity index (χ0n) is 16.5. The minimum Gasteiger partial charge on any atom is -0.355 e. The molecule has 0 spiro atoms. The van der Waals surface area contributed by atoms with Crippen molar-refractivity contribution in [1.29, 1.82) is 0 Å². The summed E-state index contributed by atoms with van der Waals surface area (Å²) in [6.07, 6.45) is 1.70. The second kappa shape index (κ2) is 10.0. The van der Waals surface area contributed by atoms with Crippen LogP contribution in [0.4, 0.5) is 0 Å². The van der Waals surface area contributed by atoms with Crippen molar-refractivity contribution in [2.75, 3.05) is 19.6 Å². The molecule has 1 aliphatic heterocycles. The lowest BCUT2D eigenvalue weighted by atomic mass is 9.99. The number of rotatable bonds is 8. The van der Waals surface area contributed by atoms with Gasteiger partial charge in [-0.3, -0.25) is 14.5 Å². The van der Waals surface area contributed by atoms with Crippen molar-refractivity contribution in [3.05, 3.63) is 71.3 Å². The second-order valence-corrected chi connectivity index (χ2v) is 7.40. The van der Waals surface area contributed by atoms with Crippen LogP contribution in [0.25, 0.3) is 0 Å². The molecule has 0 aromatic heterocycles. The molecule has 28 heavy (non-hydrogen) atoms. The summed E-state index contributed by atoms with van der Waals surface area (Å²) in [6.45, 7) is 5.09. The van der Waals surface area contributed by atoms with Gasteiger partial charge in [0.1, 0.15) is 0 Å². The monoisotopic (exact) mass is 379 g/mol. The molecule has 2 N–H and O–H groups in total. The number of carbonyl (C=O) groups is 2. The lowest BCUT2D eigenvalue weighted by molar-refractivity contribution is -0.122. The van der Waals surface area contributed by atoms with Crippen LogP contribution in [0.5, 0.6) is 0 Å². The van der Waals surface area contributed by atoms with Crippen LogP contribution in [0.15, 0.2) is 54.6 Å². The topological polar surface area (TPSA) is 61.4 Å². The first-order chi connectivity index (χ1) is 13.6. The molecule has 1 heterocycles. The maximum Gasteiger partial charge on any atom is 0.224 e. The molecule has 1 atom stereocenters. The molecule has 2 amide bonds. The van der Waals surface area contributed by atoms with Crippen LogP contribution in [0.2, 0.25) is 0 Å². The van der Waals surface area contributed by atoms with Gasteiger partial charge >= 0.3 is 0 Å². The van der Waals surface area contributed by atoms with Gasteiger partial charge in [0.25, 0.3) is 0 Å². The highest BCUT2D eigenvalue weighted by atomic mass is 16.2. The molecule has 148 valence electrons. The summed E-state index contributed by atoms with van der Waals surface area (Å²) in [4.78, 5) is 26.4. The predicted octanol–water partition coefficient (Wildman–Crippen LogP) is 2.30. The fraction of sp³-hybridized carbons (Fsp3) is 0.391. The minimum atomic E-state index is -0.0562. The first-order valence-electron chi connectivity index (χ1n) is 10.00. The number of nitrogens with zero attached hydrogens (tertiary/aromatic N) is 1. The maximum absolute atomic E-state index is 12.1. The van der Waals surface area contributed by atoms with E-state index in [9.17, 15) is 9.59 Å². The molecule has 3 rings (SSSR count). The van der Waals surface area contributed by atoms with Crippen LogP contribution in [0.3, 0.4) is 0 Å². The van der Waals surface area contributed by atoms with Gasteiger partial charge in [-0.15, -0.1) is 0 Å². The van der Waals surface area contributed by atoms with Crippen molar-refractivity contribution < 1.29 is 9.59 Å². The lowest BCUT2D eigenvalue weighted by Crippen LogP contribution is -2.44. The Labute approximate surface area is 167 Å². The van der Waals surface area contributed by atoms with Gasteiger partial charge in [0.05, 0.1) is 6.42 Å². The largest absolute Gasteiger partial charge is 0.355 e. The SMILES string of the molecule is CC(CNC(=O)CCNC(=O)Cc1ccccc1)N1CCc2ccccc2C1. The van der Waals surface area contributed by atoms with Crippen molar-refractivity contribution in [3.8, 4) is 0 Å². The first-order valence-corrected chi connectivity index (χ1v) is 10.00. The van der Waals surface area contributed by atoms with E-state index in [-0.39, 0.29) is 17.9 Å². The molecule has 0 fully saturated rings. The summed E-state index contributed by atoms with van der Waals surface area (Å²) in [5.41, 5.74) is 3.79. The highest BCUT2D eigenvalue weighted by molar-refractivity contribution is 5.80. The van der Waals surface area contributed by atoms with E-state index in [1.165, 1.54) is 11.1 Å². The third-order valence-electron chi connectivity index (χ3n) is 5.26. The van der Waals surface area contributed by atoms with E-state index in [0.29, 0.717) is 25.9 Å². The molecule has 0 aliphatic carbocycles. The predicted molar refractivity (Wildman–Crippen MR) is 111 cm³/mol. The van der Waals surface area contributed by atoms with Gasteiger partial charge in [-0.05, 0) is 30.0 Å². The summed E-state index contributed by atoms with van der Waals surface area (Å²) < 4.78 is 0. The first kappa shape index (κ1) is 20.1. The molecule has 0 saturated heterocycles. The fourth-order valence-corrected chi connectivity index (χ4v) is 3.53. The van der Waals surface area contributed by atoms with E-state index in [0.717, 1.165) is 25.1 Å². The molecule has 2 aromatic rings. The molecule has 1 unspecified atom stereocenters. The van der Waals surface area contributed by atoms with E-state index in [1.807, 2.05) is 30.3 Å². The molecule has 0 bridgehead atoms.